The van der Waals surface area contributed by atoms with Crippen molar-refractivity contribution >= 4 is 111 Å². The number of aliphatic hydroxyl groups is 4. The predicted molar refractivity (Wildman–Crippen MR) is 280 cm³/mol. The minimum absolute atomic E-state index is 0.0326. The van der Waals surface area contributed by atoms with Crippen LogP contribution in [-0.4, -0.2) is 165 Å². The fraction of sp³-hybridized carbons (Fsp3) is 0.273. The van der Waals surface area contributed by atoms with Gasteiger partial charge >= 0.3 is 0 Å². The molecule has 2 heterocycles. The van der Waals surface area contributed by atoms with Crippen LogP contribution in [0, 0.1) is 0 Å². The smallest absolute Gasteiger partial charge is 0.295 e. The van der Waals surface area contributed by atoms with Crippen LogP contribution in [0.25, 0.3) is 12.2 Å². The number of hydrogen-bond donors (Lipinski definition) is 12. The molecule has 0 fully saturated rings. The van der Waals surface area contributed by atoms with Crippen molar-refractivity contribution in [1.82, 2.24) is 29.9 Å². The highest BCUT2D eigenvalue weighted by Gasteiger charge is 2.23. The van der Waals surface area contributed by atoms with Gasteiger partial charge in [-0.25, -0.2) is 0 Å². The molecule has 28 nitrogen and oxygen atoms in total. The molecule has 4 aromatic carbocycles. The summed E-state index contributed by atoms with van der Waals surface area (Å²) in [5, 5.41) is 50.2. The Morgan fingerprint density at radius 1 is 0.487 bits per heavy atom. The maximum atomic E-state index is 12.9. The van der Waals surface area contributed by atoms with Crippen molar-refractivity contribution in [1.29, 1.82) is 0 Å². The van der Waals surface area contributed by atoms with Gasteiger partial charge in [0.15, 0.2) is 0 Å². The molecule has 0 saturated carbocycles. The van der Waals surface area contributed by atoms with Crippen LogP contribution in [0.5, 0.6) is 0 Å². The number of hydrogen-bond acceptors (Lipinski definition) is 24. The van der Waals surface area contributed by atoms with E-state index in [1.165, 1.54) is 24.3 Å². The van der Waals surface area contributed by atoms with Gasteiger partial charge in [0.25, 0.3) is 40.5 Å². The Morgan fingerprint density at radius 2 is 0.842 bits per heavy atom. The molecule has 76 heavy (non-hydrogen) atoms. The fourth-order valence-corrected chi connectivity index (χ4v) is 8.99. The molecule has 0 aliphatic carbocycles. The highest BCUT2D eigenvalue weighted by molar-refractivity contribution is 7.86. The van der Waals surface area contributed by atoms with Gasteiger partial charge in [-0.1, -0.05) is 60.7 Å². The number of para-hydroxylation sites is 2. The summed E-state index contributed by atoms with van der Waals surface area (Å²) in [6.45, 7) is -1.72. The standard InChI is InChI=1S/C44H52N12O16S4/c57-27-35(59)17-21-55(33-7-3-1-4-8-33)43-51-39(45-19-23-73(61,62)63)49-41(53-43)47-31-15-13-29(37(25-31)75(67,68)69)11-12-30-14-16-32(26-38(30)76(70,71)72)48-42-50-40(46-20-24-74(64,65)66)52-44(54-42)56(22-18-36(60)28-58)34-9-5-2-6-10-34/h1-16,25-26,35-36,57-60H,17-24,27-28H2,(H,61,62,63)(H,64,65,66)(H,67,68,69)(H,70,71,72)(H2,45,47,49,51,53)(H2,46,48,50,52,54). The zero-order valence-corrected chi connectivity index (χ0v) is 42.9. The molecule has 6 rings (SSSR count). The highest BCUT2D eigenvalue weighted by Crippen LogP contribution is 2.31. The van der Waals surface area contributed by atoms with Crippen molar-refractivity contribution in [2.45, 2.75) is 34.8 Å². The van der Waals surface area contributed by atoms with Gasteiger partial charge in [-0.15, -0.1) is 0 Å². The van der Waals surface area contributed by atoms with Crippen LogP contribution in [0.2, 0.25) is 0 Å². The zero-order chi connectivity index (χ0) is 55.3. The quantitative estimate of drug-likeness (QED) is 0.0248. The molecular formula is C44H52N12O16S4. The van der Waals surface area contributed by atoms with Crippen molar-refractivity contribution in [2.24, 2.45) is 0 Å². The molecule has 0 radical (unpaired) electrons. The third-order valence-corrected chi connectivity index (χ3v) is 13.7. The highest BCUT2D eigenvalue weighted by atomic mass is 32.2. The van der Waals surface area contributed by atoms with Crippen LogP contribution in [0.1, 0.15) is 24.0 Å². The summed E-state index contributed by atoms with van der Waals surface area (Å²) < 4.78 is 137. The SMILES string of the molecule is O=S(=O)(O)CCNc1nc(Nc2ccc(C=Cc3ccc(Nc4nc(NCCS(=O)(=O)O)nc(N(CCC(O)CO)c5ccccc5)n4)cc3S(=O)(=O)O)c(S(=O)(=O)O)c2)nc(N(CCC(O)CO)c2ccccc2)n1. The monoisotopic (exact) mass is 1130 g/mol. The summed E-state index contributed by atoms with van der Waals surface area (Å²) in [6, 6.07) is 24.3. The van der Waals surface area contributed by atoms with Crippen molar-refractivity contribution < 1.29 is 72.3 Å². The summed E-state index contributed by atoms with van der Waals surface area (Å²) in [4.78, 5) is 27.9. The third kappa shape index (κ3) is 17.8. The first kappa shape index (κ1) is 58.2. The van der Waals surface area contributed by atoms with Gasteiger partial charge in [0.2, 0.25) is 35.7 Å². The molecular weight excluding hydrogens is 1080 g/mol. The maximum Gasteiger partial charge on any atom is 0.295 e. The molecule has 408 valence electrons. The van der Waals surface area contributed by atoms with Crippen LogP contribution < -0.4 is 31.1 Å². The molecule has 2 unspecified atom stereocenters. The normalized spacial score (nSPS) is 13.0. The largest absolute Gasteiger partial charge is 0.394 e. The average Bonchev–Trinajstić information content (AvgIpc) is 3.35. The van der Waals surface area contributed by atoms with E-state index in [0.717, 1.165) is 24.3 Å². The zero-order valence-electron chi connectivity index (χ0n) is 39.7. The Morgan fingerprint density at radius 3 is 1.17 bits per heavy atom. The average molecular weight is 1130 g/mol. The summed E-state index contributed by atoms with van der Waals surface area (Å²) in [7, 11) is -18.9. The van der Waals surface area contributed by atoms with Gasteiger partial charge in [0.1, 0.15) is 9.79 Å². The van der Waals surface area contributed by atoms with Crippen LogP contribution in [-0.2, 0) is 40.5 Å². The summed E-state index contributed by atoms with van der Waals surface area (Å²) in [5.74, 6) is -2.51. The Kier molecular flexibility index (Phi) is 19.6. The number of nitrogens with one attached hydrogen (secondary N) is 4. The van der Waals surface area contributed by atoms with Gasteiger partial charge in [-0.05, 0) is 72.5 Å². The summed E-state index contributed by atoms with van der Waals surface area (Å²) in [6.07, 6.45) is 0.0910. The van der Waals surface area contributed by atoms with Gasteiger partial charge in [0, 0.05) is 48.9 Å². The van der Waals surface area contributed by atoms with Crippen LogP contribution in [0.3, 0.4) is 0 Å². The molecule has 2 atom stereocenters. The maximum absolute atomic E-state index is 12.9. The van der Waals surface area contributed by atoms with Crippen LogP contribution >= 0.6 is 0 Å². The topological polar surface area (TPSA) is 430 Å². The molecule has 2 aromatic heterocycles. The minimum Gasteiger partial charge on any atom is -0.394 e. The second-order valence-electron chi connectivity index (χ2n) is 16.3. The lowest BCUT2D eigenvalue weighted by Gasteiger charge is -2.24. The Bertz CT molecular complexity index is 3220. The summed E-state index contributed by atoms with van der Waals surface area (Å²) >= 11 is 0. The van der Waals surface area contributed by atoms with Crippen molar-refractivity contribution in [3.05, 3.63) is 108 Å². The van der Waals surface area contributed by atoms with E-state index in [-0.39, 0.29) is 97.2 Å². The second-order valence-corrected chi connectivity index (χ2v) is 22.2. The minimum atomic E-state index is -5.06. The first-order valence-corrected chi connectivity index (χ1v) is 28.6. The van der Waals surface area contributed by atoms with E-state index in [2.05, 4.69) is 51.2 Å². The molecule has 12 N–H and O–H groups in total. The molecule has 0 bridgehead atoms. The van der Waals surface area contributed by atoms with E-state index in [0.29, 0.717) is 11.4 Å². The molecule has 32 heteroatoms. The van der Waals surface area contributed by atoms with Gasteiger partial charge < -0.3 is 51.5 Å². The number of rotatable bonds is 28. The number of nitrogens with zero attached hydrogens (tertiary/aromatic N) is 8. The molecule has 6 aromatic rings. The van der Waals surface area contributed by atoms with E-state index in [1.54, 1.807) is 70.5 Å². The number of aromatic nitrogens is 6. The Balaban J connectivity index is 1.33. The van der Waals surface area contributed by atoms with Crippen molar-refractivity contribution in [2.75, 3.05) is 82.0 Å². The number of anilines is 10. The molecule has 0 amide bonds. The third-order valence-electron chi connectivity index (χ3n) is 10.5. The van der Waals surface area contributed by atoms with E-state index < -0.39 is 87.2 Å². The molecule has 0 saturated heterocycles. The molecule has 0 aliphatic rings. The Hall–Kier alpha value is -7.08. The lowest BCUT2D eigenvalue weighted by atomic mass is 10.1. The van der Waals surface area contributed by atoms with Crippen LogP contribution in [0.15, 0.2) is 107 Å². The van der Waals surface area contributed by atoms with E-state index >= 15 is 0 Å². The predicted octanol–water partition coefficient (Wildman–Crippen LogP) is 2.57. The fourth-order valence-electron chi connectivity index (χ4n) is 6.85. The number of benzene rings is 4. The van der Waals surface area contributed by atoms with Gasteiger partial charge in [0.05, 0.1) is 36.9 Å². The molecule has 0 aliphatic heterocycles. The Labute approximate surface area is 436 Å². The number of aliphatic hydroxyl groups excluding tert-OH is 4. The molecule has 0 spiro atoms. The van der Waals surface area contributed by atoms with Gasteiger partial charge in [-0.2, -0.15) is 63.6 Å². The second kappa shape index (κ2) is 25.6. The van der Waals surface area contributed by atoms with Crippen molar-refractivity contribution in [3.8, 4) is 0 Å². The van der Waals surface area contributed by atoms with Gasteiger partial charge in [-0.3, -0.25) is 18.2 Å². The van der Waals surface area contributed by atoms with E-state index in [1.807, 2.05) is 0 Å². The van der Waals surface area contributed by atoms with E-state index in [9.17, 15) is 72.3 Å². The first-order valence-electron chi connectivity index (χ1n) is 22.5. The first-order chi connectivity index (χ1) is 35.9. The van der Waals surface area contributed by atoms with E-state index in [4.69, 9.17) is 0 Å². The lowest BCUT2D eigenvalue weighted by Crippen LogP contribution is -2.27. The van der Waals surface area contributed by atoms with Crippen molar-refractivity contribution in [3.63, 3.8) is 0 Å². The summed E-state index contributed by atoms with van der Waals surface area (Å²) in [5.41, 5.74) is 0.625. The van der Waals surface area contributed by atoms with Crippen LogP contribution in [0.4, 0.5) is 58.4 Å². The lowest BCUT2D eigenvalue weighted by molar-refractivity contribution is 0.0901.